The minimum atomic E-state index is -0.857. The predicted octanol–water partition coefficient (Wildman–Crippen LogP) is 0.815. The van der Waals surface area contributed by atoms with Crippen LogP contribution in [0.3, 0.4) is 0 Å². The zero-order valence-electron chi connectivity index (χ0n) is 8.23. The molecule has 1 amide bonds. The lowest BCUT2D eigenvalue weighted by atomic mass is 10.4. The summed E-state index contributed by atoms with van der Waals surface area (Å²) < 4.78 is 0. The topological polar surface area (TPSA) is 57.6 Å². The molecular weight excluding hydrogens is 202 g/mol. The second kappa shape index (κ2) is 5.24. The van der Waals surface area contributed by atoms with Gasteiger partial charge < -0.3 is 10.0 Å². The lowest BCUT2D eigenvalue weighted by Gasteiger charge is -2.15. The largest absolute Gasteiger partial charge is 0.480 e. The monoisotopic (exact) mass is 217 g/mol. The fourth-order valence-corrected chi connectivity index (χ4v) is 2.04. The van der Waals surface area contributed by atoms with Crippen LogP contribution in [0, 0.1) is 0 Å². The van der Waals surface area contributed by atoms with Crippen molar-refractivity contribution in [3.05, 3.63) is 0 Å². The van der Waals surface area contributed by atoms with Crippen molar-refractivity contribution in [2.75, 3.05) is 18.8 Å². The first-order valence-corrected chi connectivity index (χ1v) is 5.78. The molecule has 1 aliphatic rings. The first kappa shape index (κ1) is 11.4. The fraction of sp³-hybridized carbons (Fsp3) is 0.778. The maximum absolute atomic E-state index is 11.5. The summed E-state index contributed by atoms with van der Waals surface area (Å²) in [5.74, 6) is -0.502. The highest BCUT2D eigenvalue weighted by Crippen LogP contribution is 2.14. The SMILES string of the molecule is C[C@H](SCC(=O)N1CCCC1)C(=O)O. The van der Waals surface area contributed by atoms with E-state index >= 15 is 0 Å². The van der Waals surface area contributed by atoms with Gasteiger partial charge in [0.1, 0.15) is 0 Å². The van der Waals surface area contributed by atoms with E-state index in [1.165, 1.54) is 11.8 Å². The van der Waals surface area contributed by atoms with E-state index in [0.717, 1.165) is 25.9 Å². The molecular formula is C9H15NO3S. The van der Waals surface area contributed by atoms with Crippen molar-refractivity contribution in [1.29, 1.82) is 0 Å². The average molecular weight is 217 g/mol. The molecule has 5 heteroatoms. The van der Waals surface area contributed by atoms with Crippen LogP contribution in [0.5, 0.6) is 0 Å². The first-order valence-electron chi connectivity index (χ1n) is 4.73. The Labute approximate surface area is 87.7 Å². The lowest BCUT2D eigenvalue weighted by molar-refractivity contribution is -0.136. The van der Waals surface area contributed by atoms with Crippen molar-refractivity contribution >= 4 is 23.6 Å². The van der Waals surface area contributed by atoms with Gasteiger partial charge in [-0.3, -0.25) is 9.59 Å². The number of aliphatic carboxylic acids is 1. The Morgan fingerprint density at radius 1 is 1.43 bits per heavy atom. The van der Waals surface area contributed by atoms with E-state index in [0.29, 0.717) is 0 Å². The molecule has 0 aromatic carbocycles. The van der Waals surface area contributed by atoms with Crippen LogP contribution in [0.2, 0.25) is 0 Å². The van der Waals surface area contributed by atoms with Crippen LogP contribution in [0.4, 0.5) is 0 Å². The Hall–Kier alpha value is -0.710. The summed E-state index contributed by atoms with van der Waals surface area (Å²) >= 11 is 1.19. The fourth-order valence-electron chi connectivity index (χ4n) is 1.33. The third-order valence-corrected chi connectivity index (χ3v) is 3.38. The van der Waals surface area contributed by atoms with Crippen LogP contribution >= 0.6 is 11.8 Å². The number of likely N-dealkylation sites (tertiary alicyclic amines) is 1. The molecule has 80 valence electrons. The zero-order valence-corrected chi connectivity index (χ0v) is 9.05. The predicted molar refractivity (Wildman–Crippen MR) is 55.4 cm³/mol. The van der Waals surface area contributed by atoms with Gasteiger partial charge in [-0.1, -0.05) is 0 Å². The van der Waals surface area contributed by atoms with Crippen molar-refractivity contribution in [3.8, 4) is 0 Å². The van der Waals surface area contributed by atoms with E-state index in [4.69, 9.17) is 5.11 Å². The average Bonchev–Trinajstić information content (AvgIpc) is 2.66. The summed E-state index contributed by atoms with van der Waals surface area (Å²) in [6.45, 7) is 3.27. The number of hydrogen-bond acceptors (Lipinski definition) is 3. The molecule has 1 N–H and O–H groups in total. The molecule has 0 aliphatic carbocycles. The maximum atomic E-state index is 11.5. The van der Waals surface area contributed by atoms with Gasteiger partial charge in [0.05, 0.1) is 11.0 Å². The first-order chi connectivity index (χ1) is 6.61. The molecule has 14 heavy (non-hydrogen) atoms. The summed E-state index contributed by atoms with van der Waals surface area (Å²) in [4.78, 5) is 23.8. The van der Waals surface area contributed by atoms with Gasteiger partial charge in [0, 0.05) is 13.1 Å². The zero-order chi connectivity index (χ0) is 10.6. The van der Waals surface area contributed by atoms with Crippen molar-refractivity contribution in [1.82, 2.24) is 4.90 Å². The minimum Gasteiger partial charge on any atom is -0.480 e. The van der Waals surface area contributed by atoms with Crippen LogP contribution in [-0.2, 0) is 9.59 Å². The highest BCUT2D eigenvalue weighted by Gasteiger charge is 2.20. The molecule has 1 fully saturated rings. The van der Waals surface area contributed by atoms with Gasteiger partial charge in [0.15, 0.2) is 0 Å². The lowest BCUT2D eigenvalue weighted by Crippen LogP contribution is -2.30. The summed E-state index contributed by atoms with van der Waals surface area (Å²) in [6.07, 6.45) is 2.15. The Bertz CT molecular complexity index is 226. The molecule has 1 aliphatic heterocycles. The van der Waals surface area contributed by atoms with Crippen molar-refractivity contribution in [3.63, 3.8) is 0 Å². The number of nitrogens with zero attached hydrogens (tertiary/aromatic N) is 1. The van der Waals surface area contributed by atoms with Crippen LogP contribution in [0.25, 0.3) is 0 Å². The summed E-state index contributed by atoms with van der Waals surface area (Å²) in [5.41, 5.74) is 0. The second-order valence-electron chi connectivity index (χ2n) is 3.38. The minimum absolute atomic E-state index is 0.0700. The normalized spacial score (nSPS) is 18.2. The number of carbonyl (C=O) groups is 2. The standard InChI is InChI=1S/C9H15NO3S/c1-7(9(12)13)14-6-8(11)10-4-2-3-5-10/h7H,2-6H2,1H3,(H,12,13)/t7-/m0/s1. The van der Waals surface area contributed by atoms with Crippen molar-refractivity contribution < 1.29 is 14.7 Å². The molecule has 4 nitrogen and oxygen atoms in total. The highest BCUT2D eigenvalue weighted by atomic mass is 32.2. The number of rotatable bonds is 4. The molecule has 0 radical (unpaired) electrons. The van der Waals surface area contributed by atoms with Gasteiger partial charge in [-0.15, -0.1) is 11.8 Å². The Morgan fingerprint density at radius 3 is 2.50 bits per heavy atom. The van der Waals surface area contributed by atoms with Crippen molar-refractivity contribution in [2.45, 2.75) is 25.0 Å². The van der Waals surface area contributed by atoms with E-state index < -0.39 is 11.2 Å². The summed E-state index contributed by atoms with van der Waals surface area (Å²) in [6, 6.07) is 0. The van der Waals surface area contributed by atoms with Crippen LogP contribution in [-0.4, -0.2) is 46.0 Å². The maximum Gasteiger partial charge on any atom is 0.316 e. The Balaban J connectivity index is 2.23. The molecule has 1 saturated heterocycles. The van der Waals surface area contributed by atoms with Gasteiger partial charge in [-0.25, -0.2) is 0 Å². The van der Waals surface area contributed by atoms with Gasteiger partial charge in [-0.2, -0.15) is 0 Å². The van der Waals surface area contributed by atoms with E-state index in [2.05, 4.69) is 0 Å². The molecule has 0 unspecified atom stereocenters. The summed E-state index contributed by atoms with van der Waals surface area (Å²) in [7, 11) is 0. The number of carboxylic acid groups (broad SMARTS) is 1. The van der Waals surface area contributed by atoms with Gasteiger partial charge in [-0.05, 0) is 19.8 Å². The van der Waals surface area contributed by atoms with E-state index in [1.807, 2.05) is 4.90 Å². The third-order valence-electron chi connectivity index (χ3n) is 2.26. The quantitative estimate of drug-likeness (QED) is 0.757. The molecule has 1 heterocycles. The van der Waals surface area contributed by atoms with E-state index in [-0.39, 0.29) is 11.7 Å². The van der Waals surface area contributed by atoms with Crippen LogP contribution < -0.4 is 0 Å². The number of hydrogen-bond donors (Lipinski definition) is 1. The molecule has 1 atom stereocenters. The van der Waals surface area contributed by atoms with Gasteiger partial charge in [0.25, 0.3) is 0 Å². The van der Waals surface area contributed by atoms with E-state index in [1.54, 1.807) is 6.92 Å². The Kier molecular flexibility index (Phi) is 4.25. The Morgan fingerprint density at radius 2 is 2.00 bits per heavy atom. The molecule has 0 spiro atoms. The van der Waals surface area contributed by atoms with Crippen LogP contribution in [0.15, 0.2) is 0 Å². The van der Waals surface area contributed by atoms with Crippen molar-refractivity contribution in [2.24, 2.45) is 0 Å². The number of thioether (sulfide) groups is 1. The molecule has 0 bridgehead atoms. The van der Waals surface area contributed by atoms with Crippen LogP contribution in [0.1, 0.15) is 19.8 Å². The third kappa shape index (κ3) is 3.21. The molecule has 0 aromatic rings. The van der Waals surface area contributed by atoms with E-state index in [9.17, 15) is 9.59 Å². The highest BCUT2D eigenvalue weighted by molar-refractivity contribution is 8.01. The molecule has 0 aromatic heterocycles. The molecule has 0 saturated carbocycles. The van der Waals surface area contributed by atoms with Gasteiger partial charge in [0.2, 0.25) is 5.91 Å². The smallest absolute Gasteiger partial charge is 0.316 e. The molecule has 1 rings (SSSR count). The number of amides is 1. The summed E-state index contributed by atoms with van der Waals surface area (Å²) in [5, 5.41) is 8.12. The second-order valence-corrected chi connectivity index (χ2v) is 4.71. The van der Waals surface area contributed by atoms with Gasteiger partial charge >= 0.3 is 5.97 Å². The number of carboxylic acids is 1. The number of carbonyl (C=O) groups excluding carboxylic acids is 1.